The highest BCUT2D eigenvalue weighted by molar-refractivity contribution is 7.15. The normalized spacial score (nSPS) is 25.9. The van der Waals surface area contributed by atoms with Gasteiger partial charge in [0.25, 0.3) is 0 Å². The van der Waals surface area contributed by atoms with Gasteiger partial charge in [0.2, 0.25) is 10.1 Å². The van der Waals surface area contributed by atoms with E-state index in [-0.39, 0.29) is 5.60 Å². The van der Waals surface area contributed by atoms with Crippen molar-refractivity contribution in [2.24, 2.45) is 5.92 Å². The molecular weight excluding hydrogens is 341 g/mol. The van der Waals surface area contributed by atoms with Crippen LogP contribution in [0.5, 0.6) is 0 Å². The predicted octanol–water partition coefficient (Wildman–Crippen LogP) is 2.88. The quantitative estimate of drug-likeness (QED) is 0.825. The zero-order valence-corrected chi connectivity index (χ0v) is 14.8. The Hall–Kier alpha value is -0.930. The van der Waals surface area contributed by atoms with Gasteiger partial charge in [0.1, 0.15) is 0 Å². The number of hydrogen-bond acceptors (Lipinski definition) is 6. The van der Waals surface area contributed by atoms with Crippen LogP contribution in [0.15, 0.2) is 0 Å². The standard InChI is InChI=1S/C15H23F3N4OS/c1-14(2)9-11(3-8-23-14)10-21-4-6-22(7-5-21)13-20-19-12(24-13)15(16,17)18/h11H,3-10H2,1-2H3. The van der Waals surface area contributed by atoms with E-state index in [0.29, 0.717) is 35.5 Å². The average Bonchev–Trinajstić information content (AvgIpc) is 2.97. The molecule has 1 aromatic rings. The Morgan fingerprint density at radius 3 is 2.50 bits per heavy atom. The van der Waals surface area contributed by atoms with Crippen LogP contribution in [-0.4, -0.2) is 60.0 Å². The Labute approximate surface area is 143 Å². The molecule has 24 heavy (non-hydrogen) atoms. The van der Waals surface area contributed by atoms with Gasteiger partial charge in [-0.2, -0.15) is 13.2 Å². The largest absolute Gasteiger partial charge is 0.445 e. The number of piperazine rings is 1. The molecule has 1 atom stereocenters. The predicted molar refractivity (Wildman–Crippen MR) is 86.3 cm³/mol. The summed E-state index contributed by atoms with van der Waals surface area (Å²) < 4.78 is 43.6. The highest BCUT2D eigenvalue weighted by atomic mass is 32.1. The number of anilines is 1. The number of nitrogens with zero attached hydrogens (tertiary/aromatic N) is 4. The van der Waals surface area contributed by atoms with Crippen molar-refractivity contribution in [2.45, 2.75) is 38.5 Å². The minimum absolute atomic E-state index is 0.0503. The van der Waals surface area contributed by atoms with Crippen LogP contribution in [0.2, 0.25) is 0 Å². The molecule has 3 heterocycles. The van der Waals surface area contributed by atoms with E-state index in [0.717, 1.165) is 39.1 Å². The first kappa shape index (κ1) is 17.9. The Balaban J connectivity index is 1.50. The first-order valence-corrected chi connectivity index (χ1v) is 9.06. The second kappa shape index (κ2) is 6.76. The van der Waals surface area contributed by atoms with Crippen LogP contribution in [0.1, 0.15) is 31.7 Å². The summed E-state index contributed by atoms with van der Waals surface area (Å²) in [5.74, 6) is 0.624. The molecule has 9 heteroatoms. The van der Waals surface area contributed by atoms with Crippen molar-refractivity contribution in [3.8, 4) is 0 Å². The molecule has 0 radical (unpaired) electrons. The molecule has 0 saturated carbocycles. The Morgan fingerprint density at radius 1 is 1.21 bits per heavy atom. The molecule has 0 N–H and O–H groups in total. The topological polar surface area (TPSA) is 41.5 Å². The van der Waals surface area contributed by atoms with Crippen molar-refractivity contribution < 1.29 is 17.9 Å². The smallest absolute Gasteiger partial charge is 0.376 e. The zero-order chi connectivity index (χ0) is 17.4. The van der Waals surface area contributed by atoms with Gasteiger partial charge in [-0.3, -0.25) is 4.90 Å². The van der Waals surface area contributed by atoms with Crippen LogP contribution >= 0.6 is 11.3 Å². The minimum atomic E-state index is -4.41. The van der Waals surface area contributed by atoms with E-state index in [1.54, 1.807) is 0 Å². The van der Waals surface area contributed by atoms with Crippen molar-refractivity contribution in [3.63, 3.8) is 0 Å². The van der Waals surface area contributed by atoms with E-state index in [2.05, 4.69) is 28.9 Å². The van der Waals surface area contributed by atoms with Crippen molar-refractivity contribution in [3.05, 3.63) is 5.01 Å². The SMILES string of the molecule is CC1(C)CC(CN2CCN(c3nnc(C(F)(F)F)s3)CC2)CCO1. The molecule has 0 aliphatic carbocycles. The summed E-state index contributed by atoms with van der Waals surface area (Å²) >= 11 is 0.627. The first-order valence-electron chi connectivity index (χ1n) is 8.25. The lowest BCUT2D eigenvalue weighted by Crippen LogP contribution is -2.49. The minimum Gasteiger partial charge on any atom is -0.376 e. The zero-order valence-electron chi connectivity index (χ0n) is 14.0. The molecule has 136 valence electrons. The summed E-state index contributed by atoms with van der Waals surface area (Å²) in [5.41, 5.74) is -0.0503. The third-order valence-electron chi connectivity index (χ3n) is 4.62. The summed E-state index contributed by atoms with van der Waals surface area (Å²) in [5, 5.41) is 6.47. The number of hydrogen-bond donors (Lipinski definition) is 0. The molecule has 5 nitrogen and oxygen atoms in total. The summed E-state index contributed by atoms with van der Waals surface area (Å²) in [6.07, 6.45) is -2.28. The molecule has 3 rings (SSSR count). The number of rotatable bonds is 3. The monoisotopic (exact) mass is 364 g/mol. The molecule has 0 amide bonds. The maximum absolute atomic E-state index is 12.6. The van der Waals surface area contributed by atoms with Gasteiger partial charge in [-0.25, -0.2) is 0 Å². The molecule has 1 aromatic heterocycles. The molecule has 2 aliphatic rings. The molecular formula is C15H23F3N4OS. The second-order valence-electron chi connectivity index (χ2n) is 7.14. The average molecular weight is 364 g/mol. The fourth-order valence-electron chi connectivity index (χ4n) is 3.46. The van der Waals surface area contributed by atoms with Gasteiger partial charge < -0.3 is 9.64 Å². The van der Waals surface area contributed by atoms with Gasteiger partial charge in [0, 0.05) is 39.3 Å². The fourth-order valence-corrected chi connectivity index (χ4v) is 4.22. The summed E-state index contributed by atoms with van der Waals surface area (Å²) in [6.45, 7) is 9.18. The molecule has 0 aromatic carbocycles. The Kier molecular flexibility index (Phi) is 5.04. The maximum atomic E-state index is 12.6. The molecule has 2 fully saturated rings. The Morgan fingerprint density at radius 2 is 1.92 bits per heavy atom. The van der Waals surface area contributed by atoms with E-state index in [9.17, 15) is 13.2 Å². The van der Waals surface area contributed by atoms with E-state index in [1.807, 2.05) is 4.90 Å². The summed E-state index contributed by atoms with van der Waals surface area (Å²) in [6, 6.07) is 0. The lowest BCUT2D eigenvalue weighted by Gasteiger charge is -2.40. The fraction of sp³-hybridized carbons (Fsp3) is 0.867. The number of ether oxygens (including phenoxy) is 1. The lowest BCUT2D eigenvalue weighted by molar-refractivity contribution is -0.138. The van der Waals surface area contributed by atoms with Gasteiger partial charge in [-0.15, -0.1) is 10.2 Å². The van der Waals surface area contributed by atoms with Crippen LogP contribution in [-0.2, 0) is 10.9 Å². The van der Waals surface area contributed by atoms with Crippen LogP contribution in [0.25, 0.3) is 0 Å². The molecule has 1 unspecified atom stereocenters. The lowest BCUT2D eigenvalue weighted by atomic mass is 9.88. The highest BCUT2D eigenvalue weighted by Crippen LogP contribution is 2.35. The van der Waals surface area contributed by atoms with Gasteiger partial charge in [-0.1, -0.05) is 11.3 Å². The third kappa shape index (κ3) is 4.37. The highest BCUT2D eigenvalue weighted by Gasteiger charge is 2.36. The number of alkyl halides is 3. The molecule has 2 saturated heterocycles. The van der Waals surface area contributed by atoms with Gasteiger partial charge in [0.05, 0.1) is 5.60 Å². The number of halogens is 3. The summed E-state index contributed by atoms with van der Waals surface area (Å²) in [4.78, 5) is 4.30. The van der Waals surface area contributed by atoms with Crippen LogP contribution < -0.4 is 4.90 Å². The maximum Gasteiger partial charge on any atom is 0.445 e. The van der Waals surface area contributed by atoms with Crippen LogP contribution in [0.4, 0.5) is 18.3 Å². The summed E-state index contributed by atoms with van der Waals surface area (Å²) in [7, 11) is 0. The third-order valence-corrected chi connectivity index (χ3v) is 5.64. The molecule has 0 bridgehead atoms. The second-order valence-corrected chi connectivity index (χ2v) is 8.10. The van der Waals surface area contributed by atoms with Crippen molar-refractivity contribution in [1.82, 2.24) is 15.1 Å². The van der Waals surface area contributed by atoms with E-state index in [4.69, 9.17) is 4.74 Å². The molecule has 0 spiro atoms. The van der Waals surface area contributed by atoms with Crippen molar-refractivity contribution >= 4 is 16.5 Å². The van der Waals surface area contributed by atoms with Crippen molar-refractivity contribution in [2.75, 3.05) is 44.2 Å². The Bertz CT molecular complexity index is 555. The van der Waals surface area contributed by atoms with E-state index < -0.39 is 11.2 Å². The van der Waals surface area contributed by atoms with Crippen molar-refractivity contribution in [1.29, 1.82) is 0 Å². The van der Waals surface area contributed by atoms with E-state index >= 15 is 0 Å². The van der Waals surface area contributed by atoms with Gasteiger partial charge >= 0.3 is 6.18 Å². The number of aromatic nitrogens is 2. The van der Waals surface area contributed by atoms with Crippen LogP contribution in [0.3, 0.4) is 0 Å². The van der Waals surface area contributed by atoms with Gasteiger partial charge in [0.15, 0.2) is 0 Å². The van der Waals surface area contributed by atoms with Crippen LogP contribution in [0, 0.1) is 5.92 Å². The van der Waals surface area contributed by atoms with E-state index in [1.165, 1.54) is 0 Å². The van der Waals surface area contributed by atoms with Gasteiger partial charge in [-0.05, 0) is 32.6 Å². The molecule has 2 aliphatic heterocycles. The first-order chi connectivity index (χ1) is 11.2.